The van der Waals surface area contributed by atoms with E-state index in [2.05, 4.69) is 10.3 Å². The van der Waals surface area contributed by atoms with E-state index in [0.717, 1.165) is 6.20 Å². The maximum absolute atomic E-state index is 12.4. The third kappa shape index (κ3) is 4.36. The number of nitrogens with one attached hydrogen (secondary N) is 1. The van der Waals surface area contributed by atoms with E-state index >= 15 is 0 Å². The molecule has 2 rings (SSSR count). The van der Waals surface area contributed by atoms with Crippen LogP contribution in [0.5, 0.6) is 0 Å². The topological polar surface area (TPSA) is 99.0 Å². The van der Waals surface area contributed by atoms with Crippen LogP contribution in [0.3, 0.4) is 0 Å². The van der Waals surface area contributed by atoms with Gasteiger partial charge in [0.2, 0.25) is 0 Å². The van der Waals surface area contributed by atoms with Crippen molar-refractivity contribution in [2.24, 2.45) is 0 Å². The highest BCUT2D eigenvalue weighted by Gasteiger charge is 2.21. The highest BCUT2D eigenvalue weighted by molar-refractivity contribution is 6.30. The van der Waals surface area contributed by atoms with Gasteiger partial charge in [0.05, 0.1) is 24.4 Å². The van der Waals surface area contributed by atoms with Gasteiger partial charge in [-0.25, -0.2) is 14.6 Å². The van der Waals surface area contributed by atoms with Gasteiger partial charge in [0.1, 0.15) is 11.3 Å². The average molecular weight is 366 g/mol. The van der Waals surface area contributed by atoms with Gasteiger partial charge in [-0.05, 0) is 26.0 Å². The first kappa shape index (κ1) is 18.5. The summed E-state index contributed by atoms with van der Waals surface area (Å²) >= 11 is 5.88. The minimum atomic E-state index is -0.856. The van der Waals surface area contributed by atoms with Crippen molar-refractivity contribution in [3.63, 3.8) is 0 Å². The number of fused-ring (bicyclic) bond motifs is 1. The molecule has 0 aliphatic rings. The number of rotatable bonds is 6. The Bertz CT molecular complexity index is 871. The number of carbonyl (C=O) groups excluding carboxylic acids is 2. The number of hydrogen-bond donors (Lipinski definition) is 1. The Labute approximate surface area is 148 Å². The average Bonchev–Trinajstić information content (AvgIpc) is 2.58. The number of carbonyl (C=O) groups is 2. The lowest BCUT2D eigenvalue weighted by molar-refractivity contribution is -0.146. The molecule has 0 bridgehead atoms. The first-order valence-corrected chi connectivity index (χ1v) is 7.83. The fraction of sp³-hybridized carbons (Fsp3) is 0.250. The zero-order valence-electron chi connectivity index (χ0n) is 13.6. The molecule has 2 aromatic rings. The van der Waals surface area contributed by atoms with E-state index in [0.29, 0.717) is 10.7 Å². The second-order valence-corrected chi connectivity index (χ2v) is 5.13. The number of hydrogen-bond acceptors (Lipinski definition) is 7. The van der Waals surface area contributed by atoms with Crippen molar-refractivity contribution in [1.29, 1.82) is 0 Å². The molecule has 8 nitrogen and oxygen atoms in total. The third-order valence-corrected chi connectivity index (χ3v) is 3.25. The van der Waals surface area contributed by atoms with Crippen LogP contribution in [-0.2, 0) is 19.1 Å². The number of anilines is 1. The molecule has 25 heavy (non-hydrogen) atoms. The Morgan fingerprint density at radius 2 is 1.88 bits per heavy atom. The van der Waals surface area contributed by atoms with Crippen molar-refractivity contribution in [3.8, 4) is 0 Å². The van der Waals surface area contributed by atoms with Crippen molar-refractivity contribution in [2.75, 3.05) is 18.5 Å². The fourth-order valence-electron chi connectivity index (χ4n) is 1.92. The van der Waals surface area contributed by atoms with E-state index < -0.39 is 17.5 Å². The Morgan fingerprint density at radius 1 is 1.24 bits per heavy atom. The van der Waals surface area contributed by atoms with Crippen LogP contribution in [0.25, 0.3) is 5.65 Å². The first-order chi connectivity index (χ1) is 12.0. The second kappa shape index (κ2) is 8.29. The first-order valence-electron chi connectivity index (χ1n) is 7.45. The van der Waals surface area contributed by atoms with Crippen LogP contribution >= 0.6 is 11.6 Å². The van der Waals surface area contributed by atoms with Gasteiger partial charge in [0.25, 0.3) is 5.56 Å². The van der Waals surface area contributed by atoms with E-state index in [4.69, 9.17) is 21.1 Å². The van der Waals surface area contributed by atoms with Crippen LogP contribution in [0.15, 0.2) is 41.1 Å². The molecular weight excluding hydrogens is 350 g/mol. The van der Waals surface area contributed by atoms with Crippen LogP contribution in [-0.4, -0.2) is 34.5 Å². The molecule has 0 unspecified atom stereocenters. The van der Waals surface area contributed by atoms with Gasteiger partial charge in [-0.2, -0.15) is 0 Å². The summed E-state index contributed by atoms with van der Waals surface area (Å²) in [5.74, 6) is -1.71. The van der Waals surface area contributed by atoms with Crippen LogP contribution in [0.1, 0.15) is 13.8 Å². The van der Waals surface area contributed by atoms with Crippen LogP contribution < -0.4 is 10.9 Å². The van der Waals surface area contributed by atoms with Gasteiger partial charge in [-0.3, -0.25) is 9.20 Å². The number of pyridine rings is 1. The number of nitrogens with zero attached hydrogens (tertiary/aromatic N) is 2. The summed E-state index contributed by atoms with van der Waals surface area (Å²) in [5, 5.41) is 2.96. The number of ether oxygens (including phenoxy) is 2. The normalized spacial score (nSPS) is 10.2. The second-order valence-electron chi connectivity index (χ2n) is 4.70. The molecule has 0 spiro atoms. The molecule has 9 heteroatoms. The standard InChI is InChI=1S/C16H16ClN3O5/c1-3-24-15(22)11(16(23)25-4-2)7-18-12-8-19-13-6-5-10(17)9-20(13)14(12)21/h5-9,18H,3-4H2,1-2H3. The molecule has 0 aliphatic carbocycles. The molecule has 0 atom stereocenters. The molecule has 0 saturated carbocycles. The molecule has 2 aromatic heterocycles. The molecule has 0 amide bonds. The monoisotopic (exact) mass is 365 g/mol. The van der Waals surface area contributed by atoms with Crippen molar-refractivity contribution >= 4 is 34.9 Å². The molecule has 0 aliphatic heterocycles. The molecule has 0 fully saturated rings. The molecule has 0 radical (unpaired) electrons. The van der Waals surface area contributed by atoms with Crippen molar-refractivity contribution < 1.29 is 19.1 Å². The number of esters is 2. The highest BCUT2D eigenvalue weighted by Crippen LogP contribution is 2.10. The van der Waals surface area contributed by atoms with Gasteiger partial charge < -0.3 is 14.8 Å². The number of halogens is 1. The summed E-state index contributed by atoms with van der Waals surface area (Å²) in [6, 6.07) is 3.20. The quantitative estimate of drug-likeness (QED) is 0.360. The molecule has 1 N–H and O–H groups in total. The van der Waals surface area contributed by atoms with Crippen LogP contribution in [0.2, 0.25) is 5.02 Å². The van der Waals surface area contributed by atoms with Crippen LogP contribution in [0, 0.1) is 0 Å². The summed E-state index contributed by atoms with van der Waals surface area (Å²) in [4.78, 5) is 40.3. The van der Waals surface area contributed by atoms with Gasteiger partial charge in [0, 0.05) is 12.4 Å². The van der Waals surface area contributed by atoms with Gasteiger partial charge >= 0.3 is 11.9 Å². The van der Waals surface area contributed by atoms with E-state index in [-0.39, 0.29) is 24.5 Å². The molecular formula is C16H16ClN3O5. The maximum atomic E-state index is 12.4. The fourth-order valence-corrected chi connectivity index (χ4v) is 2.08. The molecule has 0 saturated heterocycles. The zero-order valence-corrected chi connectivity index (χ0v) is 14.4. The predicted octanol–water partition coefficient (Wildman–Crippen LogP) is 1.77. The summed E-state index contributed by atoms with van der Waals surface area (Å²) in [6.07, 6.45) is 3.76. The summed E-state index contributed by atoms with van der Waals surface area (Å²) < 4.78 is 10.9. The van der Waals surface area contributed by atoms with Gasteiger partial charge in [-0.15, -0.1) is 0 Å². The summed E-state index contributed by atoms with van der Waals surface area (Å²) in [5.41, 5.74) is -0.360. The van der Waals surface area contributed by atoms with Gasteiger partial charge in [-0.1, -0.05) is 11.6 Å². The lowest BCUT2D eigenvalue weighted by atomic mass is 10.3. The third-order valence-electron chi connectivity index (χ3n) is 3.03. The summed E-state index contributed by atoms with van der Waals surface area (Å²) in [6.45, 7) is 3.40. The number of aromatic nitrogens is 2. The van der Waals surface area contributed by atoms with E-state index in [1.165, 1.54) is 16.8 Å². The van der Waals surface area contributed by atoms with Gasteiger partial charge in [0.15, 0.2) is 5.57 Å². The lowest BCUT2D eigenvalue weighted by Gasteiger charge is -2.08. The largest absolute Gasteiger partial charge is 0.462 e. The maximum Gasteiger partial charge on any atom is 0.347 e. The molecule has 2 heterocycles. The molecule has 0 aromatic carbocycles. The molecule has 132 valence electrons. The van der Waals surface area contributed by atoms with Crippen LogP contribution in [0.4, 0.5) is 5.69 Å². The van der Waals surface area contributed by atoms with Crippen molar-refractivity contribution in [3.05, 3.63) is 51.7 Å². The van der Waals surface area contributed by atoms with Crippen molar-refractivity contribution in [1.82, 2.24) is 9.38 Å². The SMILES string of the molecule is CCOC(=O)C(=CNc1cnc2ccc(Cl)cn2c1=O)C(=O)OCC. The zero-order chi connectivity index (χ0) is 18.4. The minimum absolute atomic E-state index is 0.0471. The Morgan fingerprint density at radius 3 is 2.48 bits per heavy atom. The van der Waals surface area contributed by atoms with Crippen molar-refractivity contribution in [2.45, 2.75) is 13.8 Å². The van der Waals surface area contributed by atoms with E-state index in [9.17, 15) is 14.4 Å². The Balaban J connectivity index is 2.38. The van der Waals surface area contributed by atoms with E-state index in [1.54, 1.807) is 26.0 Å². The summed E-state index contributed by atoms with van der Waals surface area (Å²) in [7, 11) is 0. The smallest absolute Gasteiger partial charge is 0.347 e. The predicted molar refractivity (Wildman–Crippen MR) is 91.4 cm³/mol. The minimum Gasteiger partial charge on any atom is -0.462 e. The lowest BCUT2D eigenvalue weighted by Crippen LogP contribution is -2.21. The Hall–Kier alpha value is -2.87. The Kier molecular flexibility index (Phi) is 6.13. The van der Waals surface area contributed by atoms with E-state index in [1.807, 2.05) is 0 Å². The highest BCUT2D eigenvalue weighted by atomic mass is 35.5.